The number of pyridine rings is 1. The zero-order valence-electron chi connectivity index (χ0n) is 11.8. The number of carbonyl (C=O) groups is 1. The van der Waals surface area contributed by atoms with Crippen LogP contribution in [0.5, 0.6) is 0 Å². The molecule has 0 saturated heterocycles. The minimum atomic E-state index is -0.597. The van der Waals surface area contributed by atoms with Crippen molar-refractivity contribution in [3.8, 4) is 0 Å². The molecule has 1 heterocycles. The topological polar surface area (TPSA) is 68.0 Å². The van der Waals surface area contributed by atoms with Crippen LogP contribution in [-0.4, -0.2) is 17.4 Å². The van der Waals surface area contributed by atoms with E-state index in [4.69, 9.17) is 5.73 Å². The highest BCUT2D eigenvalue weighted by Crippen LogP contribution is 2.20. The molecule has 104 valence electrons. The molecule has 0 aliphatic heterocycles. The van der Waals surface area contributed by atoms with Gasteiger partial charge in [0.15, 0.2) is 0 Å². The van der Waals surface area contributed by atoms with Gasteiger partial charge in [-0.1, -0.05) is 30.3 Å². The monoisotopic (exact) mass is 269 g/mol. The zero-order chi connectivity index (χ0) is 14.6. The molecule has 0 aliphatic rings. The van der Waals surface area contributed by atoms with Gasteiger partial charge in [0.25, 0.3) is 5.91 Å². The maximum Gasteiger partial charge on any atom is 0.253 e. The number of nitrogens with one attached hydrogen (secondary N) is 1. The van der Waals surface area contributed by atoms with Crippen molar-refractivity contribution in [1.29, 1.82) is 0 Å². The van der Waals surface area contributed by atoms with Gasteiger partial charge in [-0.2, -0.15) is 0 Å². The average Bonchev–Trinajstić information content (AvgIpc) is 2.48. The van der Waals surface area contributed by atoms with Crippen LogP contribution in [0.15, 0.2) is 48.7 Å². The Balaban J connectivity index is 2.27. The van der Waals surface area contributed by atoms with Crippen molar-refractivity contribution < 1.29 is 4.79 Å². The van der Waals surface area contributed by atoms with E-state index < -0.39 is 5.54 Å². The number of carbonyl (C=O) groups excluding carboxylic acids is 1. The number of aromatic nitrogens is 1. The van der Waals surface area contributed by atoms with Crippen molar-refractivity contribution in [1.82, 2.24) is 10.3 Å². The maximum atomic E-state index is 12.4. The molecular formula is C16H19N3O. The lowest BCUT2D eigenvalue weighted by Crippen LogP contribution is -2.49. The van der Waals surface area contributed by atoms with E-state index in [1.165, 1.54) is 0 Å². The van der Waals surface area contributed by atoms with E-state index in [9.17, 15) is 4.79 Å². The fourth-order valence-electron chi connectivity index (χ4n) is 2.09. The third-order valence-electron chi connectivity index (χ3n) is 3.46. The van der Waals surface area contributed by atoms with Crippen molar-refractivity contribution >= 4 is 5.91 Å². The minimum Gasteiger partial charge on any atom is -0.341 e. The number of benzene rings is 1. The third kappa shape index (κ3) is 2.86. The fourth-order valence-corrected chi connectivity index (χ4v) is 2.09. The zero-order valence-corrected chi connectivity index (χ0v) is 11.8. The summed E-state index contributed by atoms with van der Waals surface area (Å²) in [5.41, 5.74) is 7.54. The molecule has 1 aromatic carbocycles. The highest BCUT2D eigenvalue weighted by atomic mass is 16.1. The van der Waals surface area contributed by atoms with E-state index in [0.29, 0.717) is 17.8 Å². The molecule has 2 aromatic rings. The van der Waals surface area contributed by atoms with E-state index in [1.54, 1.807) is 18.3 Å². The summed E-state index contributed by atoms with van der Waals surface area (Å²) >= 11 is 0. The van der Waals surface area contributed by atoms with Gasteiger partial charge in [-0.25, -0.2) is 0 Å². The molecule has 0 saturated carbocycles. The molecule has 2 rings (SSSR count). The number of hydrogen-bond acceptors (Lipinski definition) is 3. The number of aryl methyl sites for hydroxylation is 1. The second kappa shape index (κ2) is 5.84. The molecular weight excluding hydrogens is 250 g/mol. The lowest BCUT2D eigenvalue weighted by atomic mass is 9.91. The van der Waals surface area contributed by atoms with Crippen LogP contribution in [0.1, 0.15) is 28.5 Å². The predicted molar refractivity (Wildman–Crippen MR) is 79.3 cm³/mol. The lowest BCUT2D eigenvalue weighted by molar-refractivity contribution is 0.0906. The van der Waals surface area contributed by atoms with E-state index >= 15 is 0 Å². The Morgan fingerprint density at radius 3 is 2.55 bits per heavy atom. The molecule has 1 aromatic heterocycles. The number of nitrogens with two attached hydrogens (primary N) is 1. The number of nitrogens with zero attached hydrogens (tertiary/aromatic N) is 1. The van der Waals surface area contributed by atoms with E-state index in [0.717, 1.165) is 5.56 Å². The van der Waals surface area contributed by atoms with Crippen LogP contribution in [0.25, 0.3) is 0 Å². The van der Waals surface area contributed by atoms with Gasteiger partial charge >= 0.3 is 0 Å². The summed E-state index contributed by atoms with van der Waals surface area (Å²) in [7, 11) is 0. The van der Waals surface area contributed by atoms with Crippen LogP contribution in [-0.2, 0) is 5.54 Å². The highest BCUT2D eigenvalue weighted by Gasteiger charge is 2.27. The first-order valence-corrected chi connectivity index (χ1v) is 6.56. The van der Waals surface area contributed by atoms with Crippen LogP contribution >= 0.6 is 0 Å². The fraction of sp³-hybridized carbons (Fsp3) is 0.250. The largest absolute Gasteiger partial charge is 0.341 e. The summed E-state index contributed by atoms with van der Waals surface area (Å²) in [4.78, 5) is 16.5. The lowest BCUT2D eigenvalue weighted by Gasteiger charge is -2.30. The van der Waals surface area contributed by atoms with Crippen LogP contribution in [0.4, 0.5) is 0 Å². The minimum absolute atomic E-state index is 0.160. The van der Waals surface area contributed by atoms with Crippen molar-refractivity contribution in [3.63, 3.8) is 0 Å². The van der Waals surface area contributed by atoms with Crippen LogP contribution < -0.4 is 11.1 Å². The smallest absolute Gasteiger partial charge is 0.253 e. The molecule has 0 aliphatic carbocycles. The van der Waals surface area contributed by atoms with Gasteiger partial charge in [0.1, 0.15) is 0 Å². The van der Waals surface area contributed by atoms with Gasteiger partial charge in [-0.05, 0) is 31.5 Å². The first kappa shape index (κ1) is 14.2. The number of hydrogen-bond donors (Lipinski definition) is 2. The van der Waals surface area contributed by atoms with Crippen LogP contribution in [0, 0.1) is 6.92 Å². The summed E-state index contributed by atoms with van der Waals surface area (Å²) in [5.74, 6) is -0.160. The first-order valence-electron chi connectivity index (χ1n) is 6.56. The maximum absolute atomic E-state index is 12.4. The number of amides is 1. The van der Waals surface area contributed by atoms with Crippen molar-refractivity contribution in [3.05, 3.63) is 65.5 Å². The summed E-state index contributed by atoms with van der Waals surface area (Å²) in [6.07, 6.45) is 1.67. The average molecular weight is 269 g/mol. The summed E-state index contributed by atoms with van der Waals surface area (Å²) in [6, 6.07) is 13.2. The molecule has 4 nitrogen and oxygen atoms in total. The van der Waals surface area contributed by atoms with Gasteiger partial charge in [-0.3, -0.25) is 9.78 Å². The Bertz CT molecular complexity index is 598. The Hall–Kier alpha value is -2.20. The molecule has 0 fully saturated rings. The molecule has 1 atom stereocenters. The molecule has 1 unspecified atom stereocenters. The van der Waals surface area contributed by atoms with Gasteiger partial charge in [0, 0.05) is 18.4 Å². The summed E-state index contributed by atoms with van der Waals surface area (Å²) in [5, 5.41) is 3.01. The highest BCUT2D eigenvalue weighted by molar-refractivity contribution is 5.95. The quantitative estimate of drug-likeness (QED) is 0.892. The van der Waals surface area contributed by atoms with Crippen molar-refractivity contribution in [2.75, 3.05) is 6.54 Å². The number of rotatable bonds is 4. The predicted octanol–water partition coefficient (Wildman–Crippen LogP) is 1.99. The van der Waals surface area contributed by atoms with E-state index in [1.807, 2.05) is 44.2 Å². The first-order chi connectivity index (χ1) is 9.57. The van der Waals surface area contributed by atoms with Crippen LogP contribution in [0.3, 0.4) is 0 Å². The molecule has 3 N–H and O–H groups in total. The molecule has 1 amide bonds. The summed E-state index contributed by atoms with van der Waals surface area (Å²) in [6.45, 7) is 4.06. The van der Waals surface area contributed by atoms with Gasteiger partial charge < -0.3 is 11.1 Å². The van der Waals surface area contributed by atoms with E-state index in [-0.39, 0.29) is 5.91 Å². The Kier molecular flexibility index (Phi) is 4.15. The van der Waals surface area contributed by atoms with Gasteiger partial charge in [-0.15, -0.1) is 0 Å². The van der Waals surface area contributed by atoms with Gasteiger partial charge in [0.05, 0.1) is 11.1 Å². The second-order valence-corrected chi connectivity index (χ2v) is 4.99. The van der Waals surface area contributed by atoms with E-state index in [2.05, 4.69) is 10.3 Å². The van der Waals surface area contributed by atoms with Gasteiger partial charge in [0.2, 0.25) is 0 Å². The van der Waals surface area contributed by atoms with Crippen molar-refractivity contribution in [2.24, 2.45) is 5.73 Å². The Labute approximate surface area is 119 Å². The van der Waals surface area contributed by atoms with Crippen molar-refractivity contribution in [2.45, 2.75) is 19.4 Å². The normalized spacial score (nSPS) is 13.6. The third-order valence-corrected chi connectivity index (χ3v) is 3.46. The second-order valence-electron chi connectivity index (χ2n) is 4.99. The molecule has 4 heteroatoms. The molecule has 0 spiro atoms. The van der Waals surface area contributed by atoms with Crippen LogP contribution in [0.2, 0.25) is 0 Å². The molecule has 20 heavy (non-hydrogen) atoms. The summed E-state index contributed by atoms with van der Waals surface area (Å²) < 4.78 is 0. The molecule has 0 bridgehead atoms. The molecule has 0 radical (unpaired) electrons. The standard InChI is InChI=1S/C16H19N3O/c1-12-14(9-6-10-18-12)15(20)19-16(2,11-17)13-7-4-3-5-8-13/h3-10H,11,17H2,1-2H3,(H,19,20). The Morgan fingerprint density at radius 1 is 1.25 bits per heavy atom. The SMILES string of the molecule is Cc1ncccc1C(=O)NC(C)(CN)c1ccccc1. The Morgan fingerprint density at radius 2 is 1.95 bits per heavy atom.